The Hall–Kier alpha value is -2.27. The third-order valence-electron chi connectivity index (χ3n) is 7.33. The lowest BCUT2D eigenvalue weighted by Crippen LogP contribution is -2.95. The van der Waals surface area contributed by atoms with Crippen molar-refractivity contribution < 1.29 is 9.59 Å². The number of hydrogen-bond acceptors (Lipinski definition) is 3. The van der Waals surface area contributed by atoms with Gasteiger partial charge >= 0.3 is 0 Å². The molecule has 0 radical (unpaired) electrons. The van der Waals surface area contributed by atoms with Crippen molar-refractivity contribution in [1.82, 2.24) is 0 Å². The summed E-state index contributed by atoms with van der Waals surface area (Å²) in [4.78, 5) is 30.7. The third kappa shape index (κ3) is 3.12. The third-order valence-corrected chi connectivity index (χ3v) is 8.94. The molecule has 3 fully saturated rings. The van der Waals surface area contributed by atoms with Crippen LogP contribution in [0.3, 0.4) is 0 Å². The van der Waals surface area contributed by atoms with E-state index in [0.717, 1.165) is 36.4 Å². The number of amides is 2. The highest BCUT2D eigenvalue weighted by atomic mass is 32.2. The van der Waals surface area contributed by atoms with Crippen LogP contribution in [-0.2, 0) is 9.59 Å². The molecule has 3 aliphatic heterocycles. The molecule has 3 aliphatic rings. The molecule has 0 unspecified atom stereocenters. The Bertz CT molecular complexity index is 903. The molecule has 5 heteroatoms. The van der Waals surface area contributed by atoms with Crippen LogP contribution in [0.25, 0.3) is 0 Å². The number of thioether (sulfide) groups is 1. The minimum atomic E-state index is -0.923. The fourth-order valence-electron chi connectivity index (χ4n) is 5.71. The molecule has 2 aromatic carbocycles. The van der Waals surface area contributed by atoms with Gasteiger partial charge in [-0.1, -0.05) is 87.8 Å². The molecule has 0 atom stereocenters. The lowest BCUT2D eigenvalue weighted by molar-refractivity contribution is -0.166. The summed E-state index contributed by atoms with van der Waals surface area (Å²) in [5.41, 5.74) is 0.846. The van der Waals surface area contributed by atoms with Crippen molar-refractivity contribution in [3.63, 3.8) is 0 Å². The summed E-state index contributed by atoms with van der Waals surface area (Å²) in [6.45, 7) is 0. The van der Waals surface area contributed by atoms with Crippen LogP contribution in [0.15, 0.2) is 60.7 Å². The van der Waals surface area contributed by atoms with Gasteiger partial charge in [0.15, 0.2) is 10.4 Å². The largest absolute Gasteiger partial charge is 0.276 e. The van der Waals surface area contributed by atoms with Gasteiger partial charge in [0, 0.05) is 11.4 Å². The summed E-state index contributed by atoms with van der Waals surface area (Å²) in [6.07, 6.45) is 11.4. The molecule has 168 valence electrons. The van der Waals surface area contributed by atoms with E-state index in [0.29, 0.717) is 6.42 Å². The van der Waals surface area contributed by atoms with Crippen molar-refractivity contribution in [3.8, 4) is 0 Å². The van der Waals surface area contributed by atoms with Crippen molar-refractivity contribution >= 4 is 35.0 Å². The van der Waals surface area contributed by atoms with Gasteiger partial charge in [0.05, 0.1) is 0 Å². The molecule has 3 saturated heterocycles. The summed E-state index contributed by atoms with van der Waals surface area (Å²) >= 11 is 1.81. The Balaban J connectivity index is 1.56. The van der Waals surface area contributed by atoms with E-state index in [1.54, 1.807) is 0 Å². The first-order valence-electron chi connectivity index (χ1n) is 12.2. The molecule has 0 saturated carbocycles. The lowest BCUT2D eigenvalue weighted by Gasteiger charge is -2.74. The predicted octanol–water partition coefficient (Wildman–Crippen LogP) is 6.37. The van der Waals surface area contributed by atoms with Crippen LogP contribution in [0, 0.1) is 5.41 Å². The summed E-state index contributed by atoms with van der Waals surface area (Å²) in [5, 5.41) is 0. The standard InChI is InChI=1S/C27H32N2O2S/c30-24-26-20-14-6-4-2-1-3-5-7-15-21-32-27(26,28(24)22-16-10-8-11-17-22)29(25(26)31)23-18-12-9-13-19-23/h8-13,16-19H,1-7,14-15,20-21H2. The van der Waals surface area contributed by atoms with Crippen LogP contribution >= 0.6 is 11.8 Å². The number of para-hydroxylation sites is 2. The predicted molar refractivity (Wildman–Crippen MR) is 132 cm³/mol. The van der Waals surface area contributed by atoms with Gasteiger partial charge in [0.25, 0.3) is 11.8 Å². The van der Waals surface area contributed by atoms with Gasteiger partial charge < -0.3 is 0 Å². The number of carbonyl (C=O) groups excluding carboxylic acids is 2. The maximum absolute atomic E-state index is 13.8. The van der Waals surface area contributed by atoms with E-state index in [2.05, 4.69) is 0 Å². The molecule has 32 heavy (non-hydrogen) atoms. The quantitative estimate of drug-likeness (QED) is 0.396. The zero-order chi connectivity index (χ0) is 22.0. The molecule has 2 aromatic rings. The summed E-state index contributed by atoms with van der Waals surface area (Å²) in [5.74, 6) is 0.926. The smallest absolute Gasteiger partial charge is 0.250 e. The first-order chi connectivity index (χ1) is 15.7. The van der Waals surface area contributed by atoms with Gasteiger partial charge in [-0.2, -0.15) is 0 Å². The number of β-lactam (4-membered cyclic amide) rings is 2. The van der Waals surface area contributed by atoms with Gasteiger partial charge in [-0.25, -0.2) is 0 Å². The second kappa shape index (κ2) is 8.93. The Morgan fingerprint density at radius 3 is 1.53 bits per heavy atom. The Morgan fingerprint density at radius 1 is 0.594 bits per heavy atom. The van der Waals surface area contributed by atoms with Crippen LogP contribution in [0.2, 0.25) is 0 Å². The van der Waals surface area contributed by atoms with Gasteiger partial charge in [0.1, 0.15) is 0 Å². The highest BCUT2D eigenvalue weighted by Crippen LogP contribution is 2.69. The molecule has 3 heterocycles. The molecular weight excluding hydrogens is 416 g/mol. The summed E-state index contributed by atoms with van der Waals surface area (Å²) in [7, 11) is 0. The van der Waals surface area contributed by atoms with Crippen LogP contribution in [0.1, 0.15) is 64.2 Å². The van der Waals surface area contributed by atoms with E-state index >= 15 is 0 Å². The average molecular weight is 449 g/mol. The highest BCUT2D eigenvalue weighted by Gasteiger charge is 2.87. The van der Waals surface area contributed by atoms with Crippen molar-refractivity contribution in [2.24, 2.45) is 5.41 Å². The average Bonchev–Trinajstić information content (AvgIpc) is 2.82. The second-order valence-electron chi connectivity index (χ2n) is 9.25. The number of benzene rings is 2. The van der Waals surface area contributed by atoms with E-state index in [1.165, 1.54) is 38.5 Å². The zero-order valence-electron chi connectivity index (χ0n) is 18.7. The van der Waals surface area contributed by atoms with E-state index in [1.807, 2.05) is 82.2 Å². The van der Waals surface area contributed by atoms with Crippen LogP contribution in [-0.4, -0.2) is 22.6 Å². The summed E-state index contributed by atoms with van der Waals surface area (Å²) < 4.78 is 0. The second-order valence-corrected chi connectivity index (χ2v) is 10.5. The maximum Gasteiger partial charge on any atom is 0.250 e. The summed E-state index contributed by atoms with van der Waals surface area (Å²) in [6, 6.07) is 19.8. The molecule has 4 nitrogen and oxygen atoms in total. The zero-order valence-corrected chi connectivity index (χ0v) is 19.5. The van der Waals surface area contributed by atoms with E-state index in [9.17, 15) is 9.59 Å². The fraction of sp³-hybridized carbons (Fsp3) is 0.481. The fourth-order valence-corrected chi connectivity index (χ4v) is 7.51. The van der Waals surface area contributed by atoms with Crippen LogP contribution < -0.4 is 9.80 Å². The molecule has 0 spiro atoms. The Labute approximate surface area is 195 Å². The van der Waals surface area contributed by atoms with Crippen molar-refractivity contribution in [2.45, 2.75) is 69.2 Å². The number of rotatable bonds is 2. The molecular formula is C27H32N2O2S. The Kier molecular flexibility index (Phi) is 6.02. The molecule has 2 amide bonds. The van der Waals surface area contributed by atoms with Crippen LogP contribution in [0.4, 0.5) is 11.4 Å². The molecule has 0 N–H and O–H groups in total. The number of hydrogen-bond donors (Lipinski definition) is 0. The maximum atomic E-state index is 13.8. The van der Waals surface area contributed by atoms with E-state index < -0.39 is 10.4 Å². The molecule has 5 rings (SSSR count). The van der Waals surface area contributed by atoms with Gasteiger partial charge in [-0.3, -0.25) is 19.4 Å². The minimum absolute atomic E-state index is 0.0134. The molecule has 0 aromatic heterocycles. The van der Waals surface area contributed by atoms with Gasteiger partial charge in [0.2, 0.25) is 0 Å². The monoisotopic (exact) mass is 448 g/mol. The van der Waals surface area contributed by atoms with Gasteiger partial charge in [-0.15, -0.1) is 11.8 Å². The minimum Gasteiger partial charge on any atom is -0.276 e. The van der Waals surface area contributed by atoms with E-state index in [4.69, 9.17) is 0 Å². The number of nitrogens with zero attached hydrogens (tertiary/aromatic N) is 2. The van der Waals surface area contributed by atoms with Crippen LogP contribution in [0.5, 0.6) is 0 Å². The normalized spacial score (nSPS) is 29.2. The first kappa shape index (κ1) is 21.6. The molecule has 0 bridgehead atoms. The van der Waals surface area contributed by atoms with Gasteiger partial charge in [-0.05, 0) is 42.9 Å². The van der Waals surface area contributed by atoms with E-state index in [-0.39, 0.29) is 11.8 Å². The number of carbonyl (C=O) groups is 2. The lowest BCUT2D eigenvalue weighted by atomic mass is 9.61. The highest BCUT2D eigenvalue weighted by molar-refractivity contribution is 8.01. The topological polar surface area (TPSA) is 40.6 Å². The Morgan fingerprint density at radius 2 is 1.03 bits per heavy atom. The first-order valence-corrected chi connectivity index (χ1v) is 13.2. The van der Waals surface area contributed by atoms with Crippen molar-refractivity contribution in [3.05, 3.63) is 60.7 Å². The SMILES string of the molecule is O=C1N(c2ccccc2)C23SCCCCCCCCCCCC12C(=O)N3c1ccccc1. The van der Waals surface area contributed by atoms with Crippen molar-refractivity contribution in [2.75, 3.05) is 15.6 Å². The molecule has 0 aliphatic carbocycles. The number of anilines is 2. The van der Waals surface area contributed by atoms with Crippen molar-refractivity contribution in [1.29, 1.82) is 0 Å².